The van der Waals surface area contributed by atoms with Crippen molar-refractivity contribution in [3.05, 3.63) is 12.7 Å². The lowest BCUT2D eigenvalue weighted by atomic mass is 10.1. The Morgan fingerprint density at radius 2 is 2.12 bits per heavy atom. The maximum absolute atomic E-state index is 10.4. The SMILES string of the molecule is Cn1nnnc1SC[C@H]1OC(n2cnc3c(N)ncnc32)[C@H](O)[C@@H]1O. The van der Waals surface area contributed by atoms with Gasteiger partial charge in [0.1, 0.15) is 24.1 Å². The molecule has 1 aliphatic rings. The fraction of sp³-hybridized carbons (Fsp3) is 0.500. The average molecular weight is 365 g/mol. The van der Waals surface area contributed by atoms with Gasteiger partial charge in [0.05, 0.1) is 12.4 Å². The number of hydrogen-bond acceptors (Lipinski definition) is 11. The van der Waals surface area contributed by atoms with Crippen molar-refractivity contribution >= 4 is 28.7 Å². The molecular formula is C12H15N9O3S. The Kier molecular flexibility index (Phi) is 3.99. The molecule has 1 saturated heterocycles. The third-order valence-electron chi connectivity index (χ3n) is 3.96. The molecule has 0 bridgehead atoms. The van der Waals surface area contributed by atoms with Crippen LogP contribution in [0.1, 0.15) is 6.23 Å². The zero-order valence-corrected chi connectivity index (χ0v) is 13.9. The van der Waals surface area contributed by atoms with Crippen LogP contribution < -0.4 is 5.73 Å². The molecule has 4 heterocycles. The number of anilines is 1. The molecule has 13 heteroatoms. The molecule has 25 heavy (non-hydrogen) atoms. The van der Waals surface area contributed by atoms with E-state index in [-0.39, 0.29) is 5.82 Å². The number of nitrogens with two attached hydrogens (primary N) is 1. The van der Waals surface area contributed by atoms with Crippen molar-refractivity contribution in [3.8, 4) is 0 Å². The second kappa shape index (κ2) is 6.18. The van der Waals surface area contributed by atoms with Gasteiger partial charge in [-0.25, -0.2) is 19.6 Å². The molecule has 0 saturated carbocycles. The summed E-state index contributed by atoms with van der Waals surface area (Å²) in [7, 11) is 1.72. The van der Waals surface area contributed by atoms with Gasteiger partial charge in [-0.3, -0.25) is 4.57 Å². The lowest BCUT2D eigenvalue weighted by Gasteiger charge is -2.16. The lowest BCUT2D eigenvalue weighted by molar-refractivity contribution is -0.0289. The summed E-state index contributed by atoms with van der Waals surface area (Å²) in [4.78, 5) is 12.2. The highest BCUT2D eigenvalue weighted by molar-refractivity contribution is 7.99. The first kappa shape index (κ1) is 16.1. The van der Waals surface area contributed by atoms with Gasteiger partial charge in [-0.2, -0.15) is 0 Å². The minimum Gasteiger partial charge on any atom is -0.387 e. The van der Waals surface area contributed by atoms with Crippen molar-refractivity contribution < 1.29 is 14.9 Å². The molecule has 4 atom stereocenters. The third-order valence-corrected chi connectivity index (χ3v) is 5.06. The number of hydrogen-bond donors (Lipinski definition) is 3. The van der Waals surface area contributed by atoms with E-state index in [1.165, 1.54) is 33.7 Å². The number of tetrazole rings is 1. The van der Waals surface area contributed by atoms with E-state index in [9.17, 15) is 10.2 Å². The van der Waals surface area contributed by atoms with Gasteiger partial charge in [-0.05, 0) is 10.4 Å². The second-order valence-corrected chi connectivity index (χ2v) is 6.51. The highest BCUT2D eigenvalue weighted by Crippen LogP contribution is 2.34. The van der Waals surface area contributed by atoms with Crippen LogP contribution in [-0.2, 0) is 11.8 Å². The molecule has 1 unspecified atom stereocenters. The predicted octanol–water partition coefficient (Wildman–Crippen LogP) is -1.66. The van der Waals surface area contributed by atoms with Gasteiger partial charge in [-0.15, -0.1) is 5.10 Å². The number of nitrogens with zero attached hydrogens (tertiary/aromatic N) is 8. The lowest BCUT2D eigenvalue weighted by Crippen LogP contribution is -2.32. The van der Waals surface area contributed by atoms with Gasteiger partial charge in [0, 0.05) is 12.8 Å². The van der Waals surface area contributed by atoms with Crippen LogP contribution in [0.2, 0.25) is 0 Å². The van der Waals surface area contributed by atoms with Gasteiger partial charge in [0.15, 0.2) is 17.7 Å². The second-order valence-electron chi connectivity index (χ2n) is 5.53. The zero-order chi connectivity index (χ0) is 17.6. The summed E-state index contributed by atoms with van der Waals surface area (Å²) >= 11 is 1.32. The smallest absolute Gasteiger partial charge is 0.209 e. The fourth-order valence-electron chi connectivity index (χ4n) is 2.65. The Labute approximate surface area is 145 Å². The van der Waals surface area contributed by atoms with Gasteiger partial charge in [-0.1, -0.05) is 11.8 Å². The van der Waals surface area contributed by atoms with Gasteiger partial charge >= 0.3 is 0 Å². The van der Waals surface area contributed by atoms with Crippen molar-refractivity contribution in [1.82, 2.24) is 39.7 Å². The molecule has 0 aromatic carbocycles. The first-order valence-electron chi connectivity index (χ1n) is 7.36. The number of ether oxygens (including phenoxy) is 1. The van der Waals surface area contributed by atoms with Crippen LogP contribution in [0, 0.1) is 0 Å². The first-order chi connectivity index (χ1) is 12.1. The standard InChI is InChI=1S/C12H15N9O3S/c1-20-12(17-18-19-20)25-2-5-7(22)8(23)11(24-5)21-4-16-6-9(13)14-3-15-10(6)21/h3-5,7-8,11,22-23H,2H2,1H3,(H2,13,14,15)/t5-,7-,8-,11?/m1/s1. The highest BCUT2D eigenvalue weighted by Gasteiger charge is 2.44. The number of rotatable bonds is 4. The first-order valence-corrected chi connectivity index (χ1v) is 8.34. The largest absolute Gasteiger partial charge is 0.387 e. The normalized spacial score (nSPS) is 26.5. The number of fused-ring (bicyclic) bond motifs is 1. The van der Waals surface area contributed by atoms with Crippen molar-refractivity contribution in [2.75, 3.05) is 11.5 Å². The Morgan fingerprint density at radius 3 is 2.88 bits per heavy atom. The quantitative estimate of drug-likeness (QED) is 0.453. The van der Waals surface area contributed by atoms with Crippen LogP contribution in [-0.4, -0.2) is 74.0 Å². The van der Waals surface area contributed by atoms with Crippen molar-refractivity contribution in [2.24, 2.45) is 7.05 Å². The fourth-order valence-corrected chi connectivity index (χ4v) is 3.56. The highest BCUT2D eigenvalue weighted by atomic mass is 32.2. The number of aryl methyl sites for hydroxylation is 1. The van der Waals surface area contributed by atoms with Crippen molar-refractivity contribution in [3.63, 3.8) is 0 Å². The minimum atomic E-state index is -1.14. The average Bonchev–Trinajstić information content (AvgIpc) is 3.27. The summed E-state index contributed by atoms with van der Waals surface area (Å²) in [6.45, 7) is 0. The van der Waals surface area contributed by atoms with E-state index >= 15 is 0 Å². The molecule has 1 aliphatic heterocycles. The molecular weight excluding hydrogens is 350 g/mol. The van der Waals surface area contributed by atoms with E-state index in [2.05, 4.69) is 30.5 Å². The zero-order valence-electron chi connectivity index (χ0n) is 13.0. The number of imidazole rings is 1. The Bertz CT molecular complexity index is 899. The molecule has 12 nitrogen and oxygen atoms in total. The number of aliphatic hydroxyl groups excluding tert-OH is 2. The summed E-state index contributed by atoms with van der Waals surface area (Å²) in [6.07, 6.45) is -0.900. The van der Waals surface area contributed by atoms with E-state index in [0.717, 1.165) is 0 Å². The maximum Gasteiger partial charge on any atom is 0.209 e. The van der Waals surface area contributed by atoms with E-state index in [4.69, 9.17) is 10.5 Å². The summed E-state index contributed by atoms with van der Waals surface area (Å²) in [5, 5.41) is 32.4. The number of nitrogen functional groups attached to an aromatic ring is 1. The van der Waals surface area contributed by atoms with Crippen LogP contribution >= 0.6 is 11.8 Å². The van der Waals surface area contributed by atoms with E-state index in [1.54, 1.807) is 7.05 Å². The minimum absolute atomic E-state index is 0.235. The molecule has 1 fully saturated rings. The summed E-state index contributed by atoms with van der Waals surface area (Å²) in [5.74, 6) is 0.603. The number of aromatic nitrogens is 8. The molecule has 4 rings (SSSR count). The molecule has 0 radical (unpaired) electrons. The molecule has 3 aromatic heterocycles. The van der Waals surface area contributed by atoms with Gasteiger partial charge in [0.2, 0.25) is 5.16 Å². The van der Waals surface area contributed by atoms with E-state index < -0.39 is 24.5 Å². The van der Waals surface area contributed by atoms with Crippen molar-refractivity contribution in [2.45, 2.75) is 29.7 Å². The van der Waals surface area contributed by atoms with E-state index in [1.807, 2.05) is 0 Å². The van der Waals surface area contributed by atoms with Crippen LogP contribution in [0.5, 0.6) is 0 Å². The Morgan fingerprint density at radius 1 is 1.28 bits per heavy atom. The van der Waals surface area contributed by atoms with Crippen LogP contribution in [0.3, 0.4) is 0 Å². The Hall–Kier alpha value is -2.35. The Balaban J connectivity index is 1.55. The molecule has 4 N–H and O–H groups in total. The maximum atomic E-state index is 10.4. The number of aliphatic hydroxyl groups is 2. The third kappa shape index (κ3) is 2.70. The number of thioether (sulfide) groups is 1. The predicted molar refractivity (Wildman–Crippen MR) is 85.2 cm³/mol. The summed E-state index contributed by atoms with van der Waals surface area (Å²) in [6, 6.07) is 0. The summed E-state index contributed by atoms with van der Waals surface area (Å²) < 4.78 is 8.89. The molecule has 0 spiro atoms. The topological polar surface area (TPSA) is 163 Å². The summed E-state index contributed by atoms with van der Waals surface area (Å²) in [5.41, 5.74) is 6.61. The van der Waals surface area contributed by atoms with Crippen LogP contribution in [0.25, 0.3) is 11.2 Å². The monoisotopic (exact) mass is 365 g/mol. The van der Waals surface area contributed by atoms with Gasteiger partial charge in [0.25, 0.3) is 0 Å². The molecule has 132 valence electrons. The molecule has 0 amide bonds. The van der Waals surface area contributed by atoms with Crippen LogP contribution in [0.4, 0.5) is 5.82 Å². The molecule has 0 aliphatic carbocycles. The van der Waals surface area contributed by atoms with Gasteiger partial charge < -0.3 is 20.7 Å². The van der Waals surface area contributed by atoms with E-state index in [0.29, 0.717) is 22.1 Å². The molecule has 3 aromatic rings. The van der Waals surface area contributed by atoms with Crippen LogP contribution in [0.15, 0.2) is 17.8 Å². The van der Waals surface area contributed by atoms with Crippen molar-refractivity contribution in [1.29, 1.82) is 0 Å².